The molecule has 2 fully saturated rings. The summed E-state index contributed by atoms with van der Waals surface area (Å²) in [5, 5.41) is 3.27. The second kappa shape index (κ2) is 12.2. The summed E-state index contributed by atoms with van der Waals surface area (Å²) >= 11 is 0. The summed E-state index contributed by atoms with van der Waals surface area (Å²) in [5.74, 6) is 0.243. The maximum Gasteiger partial charge on any atom is 0.254 e. The predicted octanol–water partition coefficient (Wildman–Crippen LogP) is 1.81. The van der Waals surface area contributed by atoms with Gasteiger partial charge in [0.1, 0.15) is 11.8 Å². The summed E-state index contributed by atoms with van der Waals surface area (Å²) in [4.78, 5) is 46.1. The van der Waals surface area contributed by atoms with E-state index in [0.717, 1.165) is 18.7 Å². The summed E-state index contributed by atoms with van der Waals surface area (Å²) in [6, 6.07) is 13.4. The Morgan fingerprint density at radius 3 is 2.24 bits per heavy atom. The molecule has 2 unspecified atom stereocenters. The Balaban J connectivity index is 1.62. The second-order valence-corrected chi connectivity index (χ2v) is 9.52. The normalized spacial score (nSPS) is 19.5. The van der Waals surface area contributed by atoms with Crippen molar-refractivity contribution in [1.29, 1.82) is 0 Å². The summed E-state index contributed by atoms with van der Waals surface area (Å²) in [7, 11) is 3.17. The standard InChI is InChI=1S/C28H36N4O5/c1-20-4-6-21(7-5-20)27(34)32-19-23(18-25(32)28(35)30-14-12-29-13-15-30)31(16-17-36-2)26(33)22-8-10-24(37-3)11-9-22/h4-11,23,25,29H,12-19H2,1-3H3. The van der Waals surface area contributed by atoms with Gasteiger partial charge in [0.2, 0.25) is 5.91 Å². The zero-order valence-corrected chi connectivity index (χ0v) is 21.8. The van der Waals surface area contributed by atoms with E-state index < -0.39 is 6.04 Å². The van der Waals surface area contributed by atoms with Gasteiger partial charge in [0.05, 0.1) is 19.8 Å². The van der Waals surface area contributed by atoms with E-state index in [1.54, 1.807) is 60.4 Å². The van der Waals surface area contributed by atoms with Crippen LogP contribution in [0.15, 0.2) is 48.5 Å². The Kier molecular flexibility index (Phi) is 8.78. The first-order valence-corrected chi connectivity index (χ1v) is 12.7. The Morgan fingerprint density at radius 2 is 1.62 bits per heavy atom. The smallest absolute Gasteiger partial charge is 0.254 e. The van der Waals surface area contributed by atoms with Crippen molar-refractivity contribution in [2.45, 2.75) is 25.4 Å². The molecular weight excluding hydrogens is 472 g/mol. The molecule has 9 heteroatoms. The van der Waals surface area contributed by atoms with E-state index in [-0.39, 0.29) is 30.3 Å². The number of carbonyl (C=O) groups excluding carboxylic acids is 3. The SMILES string of the molecule is COCCN(C(=O)c1ccc(OC)cc1)C1CC(C(=O)N2CCNCC2)N(C(=O)c2ccc(C)cc2)C1. The van der Waals surface area contributed by atoms with Crippen LogP contribution < -0.4 is 10.1 Å². The van der Waals surface area contributed by atoms with Crippen molar-refractivity contribution in [2.75, 3.05) is 60.1 Å². The first-order chi connectivity index (χ1) is 17.9. The lowest BCUT2D eigenvalue weighted by molar-refractivity contribution is -0.135. The van der Waals surface area contributed by atoms with Gasteiger partial charge in [-0.3, -0.25) is 14.4 Å². The summed E-state index contributed by atoms with van der Waals surface area (Å²) < 4.78 is 10.5. The number of nitrogens with one attached hydrogen (secondary N) is 1. The Labute approximate surface area is 218 Å². The van der Waals surface area contributed by atoms with E-state index in [0.29, 0.717) is 49.5 Å². The molecule has 2 aliphatic rings. The number of hydrogen-bond donors (Lipinski definition) is 1. The number of carbonyl (C=O) groups is 3. The van der Waals surface area contributed by atoms with E-state index in [1.807, 2.05) is 24.0 Å². The topological polar surface area (TPSA) is 91.4 Å². The molecule has 2 heterocycles. The maximum absolute atomic E-state index is 13.7. The van der Waals surface area contributed by atoms with Crippen molar-refractivity contribution in [3.8, 4) is 5.75 Å². The highest BCUT2D eigenvalue weighted by atomic mass is 16.5. The van der Waals surface area contributed by atoms with Crippen molar-refractivity contribution in [3.05, 3.63) is 65.2 Å². The van der Waals surface area contributed by atoms with Crippen molar-refractivity contribution < 1.29 is 23.9 Å². The molecule has 9 nitrogen and oxygen atoms in total. The Hall–Kier alpha value is -3.43. The number of ether oxygens (including phenoxy) is 2. The minimum Gasteiger partial charge on any atom is -0.497 e. The van der Waals surface area contributed by atoms with Crippen LogP contribution in [0.2, 0.25) is 0 Å². The largest absolute Gasteiger partial charge is 0.497 e. The van der Waals surface area contributed by atoms with Crippen LogP contribution in [0.4, 0.5) is 0 Å². The third-order valence-electron chi connectivity index (χ3n) is 7.13. The molecule has 198 valence electrons. The lowest BCUT2D eigenvalue weighted by Gasteiger charge is -2.32. The highest BCUT2D eigenvalue weighted by Gasteiger charge is 2.44. The molecule has 0 aromatic heterocycles. The lowest BCUT2D eigenvalue weighted by atomic mass is 10.1. The summed E-state index contributed by atoms with van der Waals surface area (Å²) in [6.07, 6.45) is 0.381. The molecule has 0 saturated carbocycles. The van der Waals surface area contributed by atoms with E-state index >= 15 is 0 Å². The van der Waals surface area contributed by atoms with Crippen LogP contribution in [0.3, 0.4) is 0 Å². The number of hydrogen-bond acceptors (Lipinski definition) is 6. The van der Waals surface area contributed by atoms with Gasteiger partial charge < -0.3 is 29.5 Å². The molecule has 2 aromatic carbocycles. The molecule has 2 atom stereocenters. The molecule has 3 amide bonds. The number of methoxy groups -OCH3 is 2. The van der Waals surface area contributed by atoms with Gasteiger partial charge in [0, 0.05) is 57.5 Å². The van der Waals surface area contributed by atoms with Gasteiger partial charge in [-0.05, 0) is 49.7 Å². The lowest BCUT2D eigenvalue weighted by Crippen LogP contribution is -2.53. The number of rotatable bonds is 8. The molecule has 37 heavy (non-hydrogen) atoms. The monoisotopic (exact) mass is 508 g/mol. The zero-order chi connectivity index (χ0) is 26.4. The van der Waals surface area contributed by atoms with Crippen LogP contribution in [0.1, 0.15) is 32.7 Å². The molecule has 0 radical (unpaired) electrons. The molecule has 0 aliphatic carbocycles. The number of amides is 3. The van der Waals surface area contributed by atoms with Crippen LogP contribution in [-0.4, -0.2) is 105 Å². The molecule has 2 saturated heterocycles. The van der Waals surface area contributed by atoms with Crippen LogP contribution in [-0.2, 0) is 9.53 Å². The quantitative estimate of drug-likeness (QED) is 0.585. The predicted molar refractivity (Wildman–Crippen MR) is 140 cm³/mol. The summed E-state index contributed by atoms with van der Waals surface area (Å²) in [6.45, 7) is 5.60. The number of likely N-dealkylation sites (tertiary alicyclic amines) is 1. The molecular formula is C28H36N4O5. The van der Waals surface area contributed by atoms with Gasteiger partial charge in [0.15, 0.2) is 0 Å². The minimum atomic E-state index is -0.634. The number of benzene rings is 2. The molecule has 2 aliphatic heterocycles. The van der Waals surface area contributed by atoms with Gasteiger partial charge in [-0.15, -0.1) is 0 Å². The van der Waals surface area contributed by atoms with E-state index in [4.69, 9.17) is 9.47 Å². The van der Waals surface area contributed by atoms with Crippen molar-refractivity contribution in [2.24, 2.45) is 0 Å². The van der Waals surface area contributed by atoms with Crippen LogP contribution in [0.25, 0.3) is 0 Å². The summed E-state index contributed by atoms with van der Waals surface area (Å²) in [5.41, 5.74) is 2.11. The molecule has 0 spiro atoms. The van der Waals surface area contributed by atoms with E-state index in [9.17, 15) is 14.4 Å². The fourth-order valence-corrected chi connectivity index (χ4v) is 5.00. The number of piperazine rings is 1. The minimum absolute atomic E-state index is 0.0620. The Bertz CT molecular complexity index is 1080. The zero-order valence-electron chi connectivity index (χ0n) is 21.8. The highest BCUT2D eigenvalue weighted by Crippen LogP contribution is 2.28. The molecule has 4 rings (SSSR count). The first kappa shape index (κ1) is 26.6. The van der Waals surface area contributed by atoms with Crippen LogP contribution >= 0.6 is 0 Å². The Morgan fingerprint density at radius 1 is 0.973 bits per heavy atom. The van der Waals surface area contributed by atoms with Gasteiger partial charge in [-0.1, -0.05) is 17.7 Å². The average molecular weight is 509 g/mol. The maximum atomic E-state index is 13.7. The highest BCUT2D eigenvalue weighted by molar-refractivity contribution is 5.99. The third kappa shape index (κ3) is 6.11. The first-order valence-electron chi connectivity index (χ1n) is 12.7. The molecule has 1 N–H and O–H groups in total. The second-order valence-electron chi connectivity index (χ2n) is 9.52. The number of nitrogens with zero attached hydrogens (tertiary/aromatic N) is 3. The van der Waals surface area contributed by atoms with Crippen LogP contribution in [0, 0.1) is 6.92 Å². The van der Waals surface area contributed by atoms with Crippen molar-refractivity contribution in [3.63, 3.8) is 0 Å². The van der Waals surface area contributed by atoms with Gasteiger partial charge >= 0.3 is 0 Å². The fourth-order valence-electron chi connectivity index (χ4n) is 5.00. The van der Waals surface area contributed by atoms with Crippen molar-refractivity contribution in [1.82, 2.24) is 20.0 Å². The third-order valence-corrected chi connectivity index (χ3v) is 7.13. The van der Waals surface area contributed by atoms with Gasteiger partial charge in [-0.2, -0.15) is 0 Å². The van der Waals surface area contributed by atoms with E-state index in [1.165, 1.54) is 0 Å². The van der Waals surface area contributed by atoms with Crippen LogP contribution in [0.5, 0.6) is 5.75 Å². The van der Waals surface area contributed by atoms with Gasteiger partial charge in [0.25, 0.3) is 11.8 Å². The van der Waals surface area contributed by atoms with Gasteiger partial charge in [-0.25, -0.2) is 0 Å². The molecule has 2 aromatic rings. The van der Waals surface area contributed by atoms with Crippen molar-refractivity contribution >= 4 is 17.7 Å². The van der Waals surface area contributed by atoms with E-state index in [2.05, 4.69) is 5.32 Å². The number of aryl methyl sites for hydroxylation is 1. The average Bonchev–Trinajstić information content (AvgIpc) is 3.38. The fraction of sp³-hybridized carbons (Fsp3) is 0.464. The molecule has 0 bridgehead atoms.